The van der Waals surface area contributed by atoms with Crippen molar-refractivity contribution in [1.29, 1.82) is 0 Å². The minimum atomic E-state index is -3.88. The highest BCUT2D eigenvalue weighted by atomic mass is 79.9. The van der Waals surface area contributed by atoms with E-state index >= 15 is 0 Å². The fourth-order valence-electron chi connectivity index (χ4n) is 4.65. The number of sulfonamides is 1. The molecule has 4 rings (SSSR count). The van der Waals surface area contributed by atoms with E-state index in [1.807, 2.05) is 61.5 Å². The zero-order chi connectivity index (χ0) is 30.1. The van der Waals surface area contributed by atoms with Crippen LogP contribution in [-0.4, -0.2) is 56.8 Å². The fraction of sp³-hybridized carbons (Fsp3) is 0.355. The van der Waals surface area contributed by atoms with Gasteiger partial charge in [-0.3, -0.25) is 13.9 Å². The van der Waals surface area contributed by atoms with Crippen LogP contribution in [0, 0.1) is 0 Å². The van der Waals surface area contributed by atoms with Crippen LogP contribution < -0.4 is 19.1 Å². The third-order valence-corrected chi connectivity index (χ3v) is 9.20. The van der Waals surface area contributed by atoms with Crippen LogP contribution in [0.25, 0.3) is 0 Å². The van der Waals surface area contributed by atoms with Crippen molar-refractivity contribution in [2.24, 2.45) is 0 Å². The summed E-state index contributed by atoms with van der Waals surface area (Å²) >= 11 is 3.49. The number of nitrogens with one attached hydrogen (secondary N) is 1. The topological polar surface area (TPSA) is 105 Å². The van der Waals surface area contributed by atoms with E-state index < -0.39 is 28.5 Å². The molecule has 1 heterocycles. The van der Waals surface area contributed by atoms with Gasteiger partial charge in [0.2, 0.25) is 28.6 Å². The maximum atomic E-state index is 14.3. The molecule has 1 N–H and O–H groups in total. The number of anilines is 1. The number of benzene rings is 3. The van der Waals surface area contributed by atoms with Gasteiger partial charge < -0.3 is 19.7 Å². The Bertz CT molecular complexity index is 1480. The molecule has 0 aliphatic carbocycles. The largest absolute Gasteiger partial charge is 0.454 e. The molecule has 1 aliphatic rings. The molecule has 11 heteroatoms. The molecule has 9 nitrogen and oxygen atoms in total. The van der Waals surface area contributed by atoms with Gasteiger partial charge in [-0.25, -0.2) is 8.42 Å². The Labute approximate surface area is 256 Å². The fourth-order valence-corrected chi connectivity index (χ4v) is 6.15. The molecule has 3 aromatic rings. The average molecular weight is 659 g/mol. The summed E-state index contributed by atoms with van der Waals surface area (Å²) in [5, 5.41) is 2.99. The van der Waals surface area contributed by atoms with Gasteiger partial charge >= 0.3 is 0 Å². The lowest BCUT2D eigenvalue weighted by Gasteiger charge is -2.34. The smallest absolute Gasteiger partial charge is 0.244 e. The standard InChI is InChI=1S/C31H36BrN3O6S/c1-3-5-16-33-31(37)27(18-23-10-7-6-8-11-23)34(20-24-12-9-13-25(32)17-24)30(36)21-35(42(38,39)4-2)26-14-15-28-29(19-26)41-22-40-28/h6-15,17,19,27H,3-5,16,18,20-22H2,1-2H3,(H,33,37)/t27-/m1/s1. The summed E-state index contributed by atoms with van der Waals surface area (Å²) < 4.78 is 39.4. The van der Waals surface area contributed by atoms with E-state index in [-0.39, 0.29) is 37.1 Å². The Kier molecular flexibility index (Phi) is 10.9. The Morgan fingerprint density at radius 2 is 1.69 bits per heavy atom. The number of rotatable bonds is 14. The molecule has 0 radical (unpaired) electrons. The Balaban J connectivity index is 1.73. The second-order valence-corrected chi connectivity index (χ2v) is 13.0. The van der Waals surface area contributed by atoms with Crippen molar-refractivity contribution >= 4 is 43.5 Å². The lowest BCUT2D eigenvalue weighted by Crippen LogP contribution is -2.53. The van der Waals surface area contributed by atoms with Crippen LogP contribution in [0.5, 0.6) is 11.5 Å². The molecule has 0 saturated carbocycles. The summed E-state index contributed by atoms with van der Waals surface area (Å²) in [4.78, 5) is 29.4. The number of fused-ring (bicyclic) bond motifs is 1. The molecule has 2 amide bonds. The number of carbonyl (C=O) groups excluding carboxylic acids is 2. The van der Waals surface area contributed by atoms with Crippen LogP contribution in [0.1, 0.15) is 37.8 Å². The quantitative estimate of drug-likeness (QED) is 0.248. The Morgan fingerprint density at radius 1 is 0.952 bits per heavy atom. The van der Waals surface area contributed by atoms with Crippen LogP contribution in [-0.2, 0) is 32.6 Å². The minimum Gasteiger partial charge on any atom is -0.454 e. The van der Waals surface area contributed by atoms with Gasteiger partial charge in [-0.05, 0) is 48.7 Å². The van der Waals surface area contributed by atoms with Crippen molar-refractivity contribution in [3.8, 4) is 11.5 Å². The van der Waals surface area contributed by atoms with Gasteiger partial charge in [0.15, 0.2) is 11.5 Å². The van der Waals surface area contributed by atoms with Gasteiger partial charge in [-0.1, -0.05) is 71.7 Å². The molecule has 0 aromatic heterocycles. The third kappa shape index (κ3) is 8.04. The van der Waals surface area contributed by atoms with Crippen LogP contribution in [0.4, 0.5) is 5.69 Å². The number of nitrogens with zero attached hydrogens (tertiary/aromatic N) is 2. The predicted molar refractivity (Wildman–Crippen MR) is 166 cm³/mol. The molecule has 42 heavy (non-hydrogen) atoms. The SMILES string of the molecule is CCCCNC(=O)[C@@H](Cc1ccccc1)N(Cc1cccc(Br)c1)C(=O)CN(c1ccc2c(c1)OCO2)S(=O)(=O)CC. The zero-order valence-corrected chi connectivity index (χ0v) is 26.2. The van der Waals surface area contributed by atoms with E-state index in [0.717, 1.165) is 32.7 Å². The maximum absolute atomic E-state index is 14.3. The number of ether oxygens (including phenoxy) is 2. The van der Waals surface area contributed by atoms with E-state index in [1.54, 1.807) is 18.2 Å². The average Bonchev–Trinajstić information content (AvgIpc) is 3.46. The number of carbonyl (C=O) groups is 2. The van der Waals surface area contributed by atoms with Crippen molar-refractivity contribution in [1.82, 2.24) is 10.2 Å². The van der Waals surface area contributed by atoms with Crippen LogP contribution in [0.2, 0.25) is 0 Å². The molecule has 0 unspecified atom stereocenters. The molecule has 0 fully saturated rings. The lowest BCUT2D eigenvalue weighted by atomic mass is 10.0. The first-order chi connectivity index (χ1) is 20.2. The number of halogens is 1. The highest BCUT2D eigenvalue weighted by Crippen LogP contribution is 2.36. The summed E-state index contributed by atoms with van der Waals surface area (Å²) in [5.74, 6) is -0.105. The minimum absolute atomic E-state index is 0.0347. The molecule has 0 bridgehead atoms. The zero-order valence-electron chi connectivity index (χ0n) is 23.8. The first kappa shape index (κ1) is 31.4. The van der Waals surface area contributed by atoms with E-state index in [0.29, 0.717) is 18.0 Å². The van der Waals surface area contributed by atoms with E-state index in [1.165, 1.54) is 11.8 Å². The molecule has 0 spiro atoms. The van der Waals surface area contributed by atoms with Gasteiger partial charge in [0, 0.05) is 30.0 Å². The second-order valence-electron chi connectivity index (χ2n) is 9.95. The summed E-state index contributed by atoms with van der Waals surface area (Å²) in [6, 6.07) is 20.9. The second kappa shape index (κ2) is 14.6. The highest BCUT2D eigenvalue weighted by Gasteiger charge is 2.34. The summed E-state index contributed by atoms with van der Waals surface area (Å²) in [6.45, 7) is 3.70. The van der Waals surface area contributed by atoms with Crippen LogP contribution in [0.3, 0.4) is 0 Å². The molecular weight excluding hydrogens is 622 g/mol. The first-order valence-electron chi connectivity index (χ1n) is 14.0. The van der Waals surface area contributed by atoms with Gasteiger partial charge in [-0.2, -0.15) is 0 Å². The Morgan fingerprint density at radius 3 is 2.40 bits per heavy atom. The maximum Gasteiger partial charge on any atom is 0.244 e. The van der Waals surface area contributed by atoms with Crippen molar-refractivity contribution in [3.05, 3.63) is 88.4 Å². The molecule has 224 valence electrons. The van der Waals surface area contributed by atoms with Crippen LogP contribution >= 0.6 is 15.9 Å². The molecular formula is C31H36BrN3O6S. The first-order valence-corrected chi connectivity index (χ1v) is 16.4. The monoisotopic (exact) mass is 657 g/mol. The van der Waals surface area contributed by atoms with E-state index in [2.05, 4.69) is 21.2 Å². The summed E-state index contributed by atoms with van der Waals surface area (Å²) in [6.07, 6.45) is 1.97. The van der Waals surface area contributed by atoms with Crippen molar-refractivity contribution in [3.63, 3.8) is 0 Å². The highest BCUT2D eigenvalue weighted by molar-refractivity contribution is 9.10. The van der Waals surface area contributed by atoms with Crippen molar-refractivity contribution in [2.45, 2.75) is 45.7 Å². The molecule has 3 aromatic carbocycles. The molecule has 0 saturated heterocycles. The van der Waals surface area contributed by atoms with Gasteiger partial charge in [0.1, 0.15) is 12.6 Å². The number of amides is 2. The molecule has 1 aliphatic heterocycles. The lowest BCUT2D eigenvalue weighted by molar-refractivity contribution is -0.140. The van der Waals surface area contributed by atoms with Crippen LogP contribution in [0.15, 0.2) is 77.3 Å². The Hall–Kier alpha value is -3.57. The van der Waals surface area contributed by atoms with Gasteiger partial charge in [-0.15, -0.1) is 0 Å². The molecule has 1 atom stereocenters. The number of hydrogen-bond acceptors (Lipinski definition) is 6. The van der Waals surface area contributed by atoms with E-state index in [9.17, 15) is 18.0 Å². The third-order valence-electron chi connectivity index (χ3n) is 6.97. The summed E-state index contributed by atoms with van der Waals surface area (Å²) in [7, 11) is -3.88. The van der Waals surface area contributed by atoms with Gasteiger partial charge in [0.05, 0.1) is 11.4 Å². The van der Waals surface area contributed by atoms with Crippen molar-refractivity contribution in [2.75, 3.05) is 29.9 Å². The van der Waals surface area contributed by atoms with Crippen molar-refractivity contribution < 1.29 is 27.5 Å². The van der Waals surface area contributed by atoms with Gasteiger partial charge in [0.25, 0.3) is 0 Å². The summed E-state index contributed by atoms with van der Waals surface area (Å²) in [5.41, 5.74) is 1.96. The number of unbranched alkanes of at least 4 members (excludes halogenated alkanes) is 1. The van der Waals surface area contributed by atoms with E-state index in [4.69, 9.17) is 9.47 Å². The predicted octanol–water partition coefficient (Wildman–Crippen LogP) is 4.89. The normalized spacial score (nSPS) is 12.9. The number of hydrogen-bond donors (Lipinski definition) is 1.